The summed E-state index contributed by atoms with van der Waals surface area (Å²) < 4.78 is 11.6. The first kappa shape index (κ1) is 14.4. The van der Waals surface area contributed by atoms with Gasteiger partial charge in [-0.3, -0.25) is 0 Å². The van der Waals surface area contributed by atoms with Crippen LogP contribution in [0.1, 0.15) is 43.6 Å². The Labute approximate surface area is 116 Å². The molecule has 1 heterocycles. The molecule has 1 aliphatic heterocycles. The van der Waals surface area contributed by atoms with E-state index >= 15 is 0 Å². The summed E-state index contributed by atoms with van der Waals surface area (Å²) in [5, 5.41) is 3.54. The van der Waals surface area contributed by atoms with Gasteiger partial charge < -0.3 is 14.8 Å². The lowest BCUT2D eigenvalue weighted by Crippen LogP contribution is -2.50. The summed E-state index contributed by atoms with van der Waals surface area (Å²) >= 11 is 0. The average Bonchev–Trinajstić information content (AvgIpc) is 2.34. The smallest absolute Gasteiger partial charge is 0.122 e. The maximum absolute atomic E-state index is 6.01. The molecule has 0 bridgehead atoms. The molecule has 1 fully saturated rings. The van der Waals surface area contributed by atoms with Crippen molar-refractivity contribution in [2.45, 2.75) is 46.3 Å². The number of nitrogens with one attached hydrogen (secondary N) is 1. The zero-order chi connectivity index (χ0) is 14.0. The largest absolute Gasteiger partial charge is 0.494 e. The van der Waals surface area contributed by atoms with E-state index in [1.54, 1.807) is 0 Å². The maximum Gasteiger partial charge on any atom is 0.122 e. The Kier molecular flexibility index (Phi) is 4.16. The highest BCUT2D eigenvalue weighted by atomic mass is 16.5. The van der Waals surface area contributed by atoms with E-state index in [4.69, 9.17) is 9.47 Å². The second-order valence-electron chi connectivity index (χ2n) is 5.97. The lowest BCUT2D eigenvalue weighted by molar-refractivity contribution is -0.0232. The number of benzene rings is 1. The normalized spacial score (nSPS) is 22.3. The van der Waals surface area contributed by atoms with Crippen LogP contribution in [0.15, 0.2) is 12.1 Å². The van der Waals surface area contributed by atoms with E-state index in [0.717, 1.165) is 18.9 Å². The molecule has 0 aliphatic carbocycles. The molecule has 106 valence electrons. The molecule has 0 radical (unpaired) electrons. The van der Waals surface area contributed by atoms with Crippen molar-refractivity contribution in [1.29, 1.82) is 0 Å². The Hall–Kier alpha value is -1.06. The fraction of sp³-hybridized carbons (Fsp3) is 0.625. The van der Waals surface area contributed by atoms with Gasteiger partial charge in [-0.15, -0.1) is 0 Å². The van der Waals surface area contributed by atoms with Gasteiger partial charge >= 0.3 is 0 Å². The Morgan fingerprint density at radius 1 is 1.32 bits per heavy atom. The molecule has 1 aromatic carbocycles. The molecule has 1 unspecified atom stereocenters. The van der Waals surface area contributed by atoms with E-state index in [1.165, 1.54) is 16.7 Å². The molecule has 0 amide bonds. The molecular formula is C16H25NO2. The van der Waals surface area contributed by atoms with E-state index in [2.05, 4.69) is 45.1 Å². The van der Waals surface area contributed by atoms with Crippen LogP contribution in [0.5, 0.6) is 5.75 Å². The molecule has 1 aromatic rings. The van der Waals surface area contributed by atoms with E-state index in [1.807, 2.05) is 6.92 Å². The van der Waals surface area contributed by atoms with Crippen LogP contribution in [0.3, 0.4) is 0 Å². The van der Waals surface area contributed by atoms with Crippen LogP contribution in [-0.4, -0.2) is 25.3 Å². The van der Waals surface area contributed by atoms with Crippen LogP contribution in [0.2, 0.25) is 0 Å². The van der Waals surface area contributed by atoms with E-state index in [9.17, 15) is 0 Å². The van der Waals surface area contributed by atoms with Crippen molar-refractivity contribution in [3.63, 3.8) is 0 Å². The summed E-state index contributed by atoms with van der Waals surface area (Å²) in [6.07, 6.45) is 0.141. The zero-order valence-electron chi connectivity index (χ0n) is 12.7. The highest BCUT2D eigenvalue weighted by Gasteiger charge is 2.28. The molecule has 3 nitrogen and oxygen atoms in total. The van der Waals surface area contributed by atoms with E-state index in [-0.39, 0.29) is 11.6 Å². The van der Waals surface area contributed by atoms with E-state index in [0.29, 0.717) is 6.61 Å². The van der Waals surface area contributed by atoms with Crippen LogP contribution in [0.25, 0.3) is 0 Å². The quantitative estimate of drug-likeness (QED) is 0.908. The summed E-state index contributed by atoms with van der Waals surface area (Å²) in [6, 6.07) is 4.32. The van der Waals surface area contributed by atoms with Crippen molar-refractivity contribution in [1.82, 2.24) is 5.32 Å². The molecule has 1 aliphatic rings. The van der Waals surface area contributed by atoms with Gasteiger partial charge in [-0.2, -0.15) is 0 Å². The van der Waals surface area contributed by atoms with Crippen molar-refractivity contribution in [2.24, 2.45) is 0 Å². The van der Waals surface area contributed by atoms with Crippen LogP contribution in [0.4, 0.5) is 0 Å². The van der Waals surface area contributed by atoms with Gasteiger partial charge in [0, 0.05) is 12.1 Å². The van der Waals surface area contributed by atoms with Gasteiger partial charge in [0.15, 0.2) is 0 Å². The Balaban J connectivity index is 2.19. The molecule has 0 saturated carbocycles. The minimum absolute atomic E-state index is 0.0741. The monoisotopic (exact) mass is 263 g/mol. The van der Waals surface area contributed by atoms with Gasteiger partial charge in [0.25, 0.3) is 0 Å². The molecular weight excluding hydrogens is 238 g/mol. The van der Waals surface area contributed by atoms with Crippen molar-refractivity contribution < 1.29 is 9.47 Å². The van der Waals surface area contributed by atoms with Gasteiger partial charge in [-0.25, -0.2) is 0 Å². The Morgan fingerprint density at radius 3 is 2.63 bits per heavy atom. The number of hydrogen-bond donors (Lipinski definition) is 1. The number of morpholine rings is 1. The summed E-state index contributed by atoms with van der Waals surface area (Å²) in [7, 11) is 0. The molecule has 19 heavy (non-hydrogen) atoms. The highest BCUT2D eigenvalue weighted by molar-refractivity contribution is 5.42. The highest BCUT2D eigenvalue weighted by Crippen LogP contribution is 2.30. The minimum Gasteiger partial charge on any atom is -0.494 e. The third-order valence-corrected chi connectivity index (χ3v) is 3.62. The predicted molar refractivity (Wildman–Crippen MR) is 77.9 cm³/mol. The zero-order valence-corrected chi connectivity index (χ0v) is 12.7. The van der Waals surface area contributed by atoms with Crippen molar-refractivity contribution in [3.05, 3.63) is 28.8 Å². The first-order valence-corrected chi connectivity index (χ1v) is 7.03. The topological polar surface area (TPSA) is 30.5 Å². The fourth-order valence-corrected chi connectivity index (χ4v) is 2.46. The van der Waals surface area contributed by atoms with E-state index < -0.39 is 0 Å². The minimum atomic E-state index is 0.0741. The average molecular weight is 263 g/mol. The summed E-state index contributed by atoms with van der Waals surface area (Å²) in [4.78, 5) is 0. The van der Waals surface area contributed by atoms with Crippen LogP contribution >= 0.6 is 0 Å². The maximum atomic E-state index is 6.01. The third-order valence-electron chi connectivity index (χ3n) is 3.62. The molecule has 1 N–H and O–H groups in total. The van der Waals surface area contributed by atoms with Crippen molar-refractivity contribution in [3.8, 4) is 5.75 Å². The summed E-state index contributed by atoms with van der Waals surface area (Å²) in [5.74, 6) is 0.979. The van der Waals surface area contributed by atoms with Crippen LogP contribution in [-0.2, 0) is 4.74 Å². The van der Waals surface area contributed by atoms with Gasteiger partial charge in [0.1, 0.15) is 5.75 Å². The number of aryl methyl sites for hydroxylation is 2. The fourth-order valence-electron chi connectivity index (χ4n) is 2.46. The van der Waals surface area contributed by atoms with Crippen LogP contribution < -0.4 is 10.1 Å². The third kappa shape index (κ3) is 3.28. The number of hydrogen-bond acceptors (Lipinski definition) is 3. The van der Waals surface area contributed by atoms with Gasteiger partial charge in [0.05, 0.1) is 19.3 Å². The van der Waals surface area contributed by atoms with Gasteiger partial charge in [0.2, 0.25) is 0 Å². The summed E-state index contributed by atoms with van der Waals surface area (Å²) in [5.41, 5.74) is 3.76. The second kappa shape index (κ2) is 5.51. The predicted octanol–water partition coefficient (Wildman–Crippen LogP) is 3.14. The van der Waals surface area contributed by atoms with Gasteiger partial charge in [-0.1, -0.05) is 0 Å². The lowest BCUT2D eigenvalue weighted by atomic mass is 9.96. The second-order valence-corrected chi connectivity index (χ2v) is 5.97. The molecule has 3 heteroatoms. The molecule has 0 spiro atoms. The summed E-state index contributed by atoms with van der Waals surface area (Å²) in [6.45, 7) is 12.9. The molecule has 1 saturated heterocycles. The van der Waals surface area contributed by atoms with Crippen molar-refractivity contribution in [2.75, 3.05) is 19.8 Å². The van der Waals surface area contributed by atoms with Crippen molar-refractivity contribution >= 4 is 0 Å². The van der Waals surface area contributed by atoms with Gasteiger partial charge in [-0.05, 0) is 63.4 Å². The molecule has 1 atom stereocenters. The standard InChI is InChI=1S/C16H25NO2/c1-6-18-14-8-11(2)13(7-12(14)3)15-9-17-16(4,5)10-19-15/h7-8,15,17H,6,9-10H2,1-5H3. The molecule has 0 aromatic heterocycles. The first-order chi connectivity index (χ1) is 8.93. The Morgan fingerprint density at radius 2 is 2.05 bits per heavy atom. The SMILES string of the molecule is CCOc1cc(C)c(C2CNC(C)(C)CO2)cc1C. The van der Waals surface area contributed by atoms with Crippen LogP contribution in [0, 0.1) is 13.8 Å². The first-order valence-electron chi connectivity index (χ1n) is 7.03. The lowest BCUT2D eigenvalue weighted by Gasteiger charge is -2.36. The number of rotatable bonds is 3. The Bertz CT molecular complexity index is 444. The molecule has 2 rings (SSSR count). The number of ether oxygens (including phenoxy) is 2.